The van der Waals surface area contributed by atoms with E-state index in [9.17, 15) is 9.59 Å². The molecule has 0 saturated carbocycles. The summed E-state index contributed by atoms with van der Waals surface area (Å²) in [7, 11) is 0. The Kier molecular flexibility index (Phi) is 6.47. The quantitative estimate of drug-likeness (QED) is 0.636. The first kappa shape index (κ1) is 20.1. The van der Waals surface area contributed by atoms with E-state index >= 15 is 0 Å². The van der Waals surface area contributed by atoms with E-state index in [1.165, 1.54) is 0 Å². The van der Waals surface area contributed by atoms with Crippen LogP contribution in [0.3, 0.4) is 0 Å². The van der Waals surface area contributed by atoms with Crippen molar-refractivity contribution in [3.63, 3.8) is 0 Å². The van der Waals surface area contributed by atoms with Gasteiger partial charge in [-0.1, -0.05) is 49.7 Å². The molecule has 0 fully saturated rings. The number of fused-ring (bicyclic) bond motifs is 1. The molecule has 0 unspecified atom stereocenters. The lowest BCUT2D eigenvalue weighted by atomic mass is 10.0. The number of halogens is 1. The molecule has 0 aliphatic carbocycles. The minimum absolute atomic E-state index is 0.0560. The van der Waals surface area contributed by atoms with Gasteiger partial charge in [-0.25, -0.2) is 4.98 Å². The van der Waals surface area contributed by atoms with E-state index in [0.717, 1.165) is 18.4 Å². The first-order chi connectivity index (χ1) is 13.5. The van der Waals surface area contributed by atoms with E-state index in [1.807, 2.05) is 50.2 Å². The van der Waals surface area contributed by atoms with Gasteiger partial charge in [0.1, 0.15) is 5.82 Å². The van der Waals surface area contributed by atoms with Crippen molar-refractivity contribution in [3.05, 3.63) is 75.3 Å². The molecule has 1 aromatic heterocycles. The zero-order chi connectivity index (χ0) is 20.1. The van der Waals surface area contributed by atoms with Crippen LogP contribution in [0.2, 0.25) is 5.02 Å². The van der Waals surface area contributed by atoms with E-state index in [2.05, 4.69) is 9.97 Å². The highest BCUT2D eigenvalue weighted by Gasteiger charge is 2.23. The lowest BCUT2D eigenvalue weighted by Crippen LogP contribution is -2.36. The molecule has 3 aromatic rings. The van der Waals surface area contributed by atoms with E-state index in [0.29, 0.717) is 28.3 Å². The molecule has 1 heterocycles. The number of hydrogen-bond donors (Lipinski definition) is 1. The Bertz CT molecular complexity index is 1010. The number of amides is 1. The molecule has 28 heavy (non-hydrogen) atoms. The minimum Gasteiger partial charge on any atom is -0.331 e. The standard InChI is InChI=1S/C22H24ClN3O2/c1-3-16(4-2)22(28)26(13-15-9-11-17(23)12-10-15)14-20-24-19-8-6-5-7-18(19)21(27)25-20/h5-12,16H,3-4,13-14H2,1-2H3,(H,24,25,27). The second kappa shape index (κ2) is 9.02. The van der Waals surface area contributed by atoms with Crippen LogP contribution in [0.4, 0.5) is 0 Å². The Morgan fingerprint density at radius 1 is 1.07 bits per heavy atom. The molecule has 146 valence electrons. The summed E-state index contributed by atoms with van der Waals surface area (Å²) in [5, 5.41) is 1.20. The number of aromatic amines is 1. The van der Waals surface area contributed by atoms with Crippen molar-refractivity contribution >= 4 is 28.4 Å². The smallest absolute Gasteiger partial charge is 0.258 e. The summed E-state index contributed by atoms with van der Waals surface area (Å²) in [5.74, 6) is 0.493. The van der Waals surface area contributed by atoms with Crippen molar-refractivity contribution in [2.45, 2.75) is 39.8 Å². The van der Waals surface area contributed by atoms with Gasteiger partial charge in [-0.15, -0.1) is 0 Å². The van der Waals surface area contributed by atoms with E-state index in [4.69, 9.17) is 11.6 Å². The summed E-state index contributed by atoms with van der Waals surface area (Å²) in [5.41, 5.74) is 1.41. The predicted octanol–water partition coefficient (Wildman–Crippen LogP) is 4.54. The Hall–Kier alpha value is -2.66. The molecule has 0 aliphatic heterocycles. The molecule has 0 bridgehead atoms. The Morgan fingerprint density at radius 3 is 2.43 bits per heavy atom. The number of aromatic nitrogens is 2. The Balaban J connectivity index is 1.93. The highest BCUT2D eigenvalue weighted by molar-refractivity contribution is 6.30. The van der Waals surface area contributed by atoms with Crippen LogP contribution in [0.25, 0.3) is 10.9 Å². The number of hydrogen-bond acceptors (Lipinski definition) is 3. The summed E-state index contributed by atoms with van der Waals surface area (Å²) in [6, 6.07) is 14.6. The molecular formula is C22H24ClN3O2. The third-order valence-electron chi connectivity index (χ3n) is 4.94. The summed E-state index contributed by atoms with van der Waals surface area (Å²) in [6.07, 6.45) is 1.54. The summed E-state index contributed by atoms with van der Waals surface area (Å²) in [4.78, 5) is 34.6. The molecule has 0 saturated heterocycles. The maximum Gasteiger partial charge on any atom is 0.258 e. The summed E-state index contributed by atoms with van der Waals surface area (Å²) >= 11 is 5.98. The SMILES string of the molecule is CCC(CC)C(=O)N(Cc1ccc(Cl)cc1)Cc1nc2ccccc2c(=O)[nH]1. The van der Waals surface area contributed by atoms with Crippen molar-refractivity contribution in [3.8, 4) is 0 Å². The maximum atomic E-state index is 13.1. The maximum absolute atomic E-state index is 13.1. The molecule has 0 atom stereocenters. The third kappa shape index (κ3) is 4.60. The van der Waals surface area contributed by atoms with Crippen LogP contribution in [0.1, 0.15) is 38.1 Å². The number of nitrogens with zero attached hydrogens (tertiary/aromatic N) is 2. The lowest BCUT2D eigenvalue weighted by Gasteiger charge is -2.26. The third-order valence-corrected chi connectivity index (χ3v) is 5.19. The fraction of sp³-hybridized carbons (Fsp3) is 0.318. The second-order valence-corrected chi connectivity index (χ2v) is 7.30. The minimum atomic E-state index is -0.193. The number of rotatable bonds is 7. The Morgan fingerprint density at radius 2 is 1.75 bits per heavy atom. The molecule has 0 aliphatic rings. The van der Waals surface area contributed by atoms with Gasteiger partial charge in [-0.3, -0.25) is 9.59 Å². The monoisotopic (exact) mass is 397 g/mol. The van der Waals surface area contributed by atoms with Crippen LogP contribution in [0.5, 0.6) is 0 Å². The van der Waals surface area contributed by atoms with Gasteiger partial charge in [0.15, 0.2) is 0 Å². The van der Waals surface area contributed by atoms with Gasteiger partial charge in [-0.2, -0.15) is 0 Å². The van der Waals surface area contributed by atoms with E-state index in [-0.39, 0.29) is 23.9 Å². The summed E-state index contributed by atoms with van der Waals surface area (Å²) < 4.78 is 0. The van der Waals surface area contributed by atoms with E-state index < -0.39 is 0 Å². The number of nitrogens with one attached hydrogen (secondary N) is 1. The molecule has 1 amide bonds. The Labute approximate surface area is 169 Å². The predicted molar refractivity (Wildman–Crippen MR) is 112 cm³/mol. The fourth-order valence-electron chi connectivity index (χ4n) is 3.31. The number of carbonyl (C=O) groups is 1. The van der Waals surface area contributed by atoms with Gasteiger partial charge in [0.25, 0.3) is 5.56 Å². The van der Waals surface area contributed by atoms with Crippen LogP contribution >= 0.6 is 11.6 Å². The molecular weight excluding hydrogens is 374 g/mol. The van der Waals surface area contributed by atoms with Gasteiger partial charge >= 0.3 is 0 Å². The zero-order valence-electron chi connectivity index (χ0n) is 16.1. The molecule has 1 N–H and O–H groups in total. The topological polar surface area (TPSA) is 66.1 Å². The van der Waals surface area contributed by atoms with Gasteiger partial charge in [0.05, 0.1) is 17.4 Å². The number of benzene rings is 2. The first-order valence-corrected chi connectivity index (χ1v) is 9.90. The van der Waals surface area contributed by atoms with Crippen LogP contribution in [0, 0.1) is 5.92 Å². The zero-order valence-corrected chi connectivity index (χ0v) is 16.9. The molecule has 0 spiro atoms. The van der Waals surface area contributed by atoms with Crippen LogP contribution in [-0.4, -0.2) is 20.8 Å². The van der Waals surface area contributed by atoms with Gasteiger partial charge in [0, 0.05) is 17.5 Å². The van der Waals surface area contributed by atoms with Crippen molar-refractivity contribution < 1.29 is 4.79 Å². The van der Waals surface area contributed by atoms with Crippen LogP contribution in [0.15, 0.2) is 53.3 Å². The first-order valence-electron chi connectivity index (χ1n) is 9.53. The molecule has 3 rings (SSSR count). The van der Waals surface area contributed by atoms with Crippen molar-refractivity contribution in [1.82, 2.24) is 14.9 Å². The summed E-state index contributed by atoms with van der Waals surface area (Å²) in [6.45, 7) is 4.71. The molecule has 0 radical (unpaired) electrons. The number of carbonyl (C=O) groups excluding carboxylic acids is 1. The second-order valence-electron chi connectivity index (χ2n) is 6.86. The number of para-hydroxylation sites is 1. The molecule has 5 nitrogen and oxygen atoms in total. The molecule has 6 heteroatoms. The highest BCUT2D eigenvalue weighted by atomic mass is 35.5. The van der Waals surface area contributed by atoms with Gasteiger partial charge in [-0.05, 0) is 42.7 Å². The highest BCUT2D eigenvalue weighted by Crippen LogP contribution is 2.18. The molecule has 2 aromatic carbocycles. The van der Waals surface area contributed by atoms with Crippen molar-refractivity contribution in [2.24, 2.45) is 5.92 Å². The van der Waals surface area contributed by atoms with Crippen molar-refractivity contribution in [1.29, 1.82) is 0 Å². The lowest BCUT2D eigenvalue weighted by molar-refractivity contribution is -0.137. The van der Waals surface area contributed by atoms with Crippen molar-refractivity contribution in [2.75, 3.05) is 0 Å². The van der Waals surface area contributed by atoms with Crippen LogP contribution in [-0.2, 0) is 17.9 Å². The average molecular weight is 398 g/mol. The van der Waals surface area contributed by atoms with E-state index in [1.54, 1.807) is 17.0 Å². The fourth-order valence-corrected chi connectivity index (χ4v) is 3.43. The average Bonchev–Trinajstić information content (AvgIpc) is 2.70. The normalized spacial score (nSPS) is 11.1. The largest absolute Gasteiger partial charge is 0.331 e. The van der Waals surface area contributed by atoms with Gasteiger partial charge in [0.2, 0.25) is 5.91 Å². The number of H-pyrrole nitrogens is 1. The van der Waals surface area contributed by atoms with Crippen LogP contribution < -0.4 is 5.56 Å². The van der Waals surface area contributed by atoms with Gasteiger partial charge < -0.3 is 9.88 Å².